The minimum Gasteiger partial charge on any atom is -0.362 e. The van der Waals surface area contributed by atoms with Crippen LogP contribution in [-0.4, -0.2) is 6.61 Å². The van der Waals surface area contributed by atoms with E-state index in [1.165, 1.54) is 5.56 Å². The summed E-state index contributed by atoms with van der Waals surface area (Å²) in [5.41, 5.74) is 0.877. The molecule has 0 amide bonds. The van der Waals surface area contributed by atoms with E-state index in [2.05, 4.69) is 36.9 Å². The van der Waals surface area contributed by atoms with Crippen molar-refractivity contribution in [3.05, 3.63) is 72.9 Å². The van der Waals surface area contributed by atoms with Crippen LogP contribution in [-0.2, 0) is 10.3 Å². The Kier molecular flexibility index (Phi) is 3.37. The molecule has 0 saturated carbocycles. The van der Waals surface area contributed by atoms with Gasteiger partial charge in [0.1, 0.15) is 5.60 Å². The average molecular weight is 212 g/mol. The summed E-state index contributed by atoms with van der Waals surface area (Å²) in [4.78, 5) is 0. The summed E-state index contributed by atoms with van der Waals surface area (Å²) >= 11 is 0. The highest BCUT2D eigenvalue weighted by Crippen LogP contribution is 2.33. The first-order valence-corrected chi connectivity index (χ1v) is 5.52. The highest BCUT2D eigenvalue weighted by atomic mass is 16.5. The van der Waals surface area contributed by atoms with E-state index in [4.69, 9.17) is 4.74 Å². The van der Waals surface area contributed by atoms with E-state index in [-0.39, 0.29) is 5.60 Å². The van der Waals surface area contributed by atoms with Gasteiger partial charge in [-0.25, -0.2) is 0 Å². The molecular formula is C15H16O. The van der Waals surface area contributed by atoms with Crippen LogP contribution in [0.5, 0.6) is 0 Å². The predicted octanol–water partition coefficient (Wildman–Crippen LogP) is 3.60. The predicted molar refractivity (Wildman–Crippen MR) is 67.2 cm³/mol. The second kappa shape index (κ2) is 4.95. The zero-order chi connectivity index (χ0) is 11.3. The Bertz CT molecular complexity index is 403. The number of benzene rings is 1. The topological polar surface area (TPSA) is 9.23 Å². The normalized spacial score (nSPS) is 23.2. The maximum atomic E-state index is 5.95. The fourth-order valence-electron chi connectivity index (χ4n) is 1.93. The van der Waals surface area contributed by atoms with Crippen molar-refractivity contribution >= 4 is 0 Å². The van der Waals surface area contributed by atoms with Gasteiger partial charge in [-0.1, -0.05) is 54.6 Å². The molecule has 1 atom stereocenters. The van der Waals surface area contributed by atoms with Gasteiger partial charge in [0, 0.05) is 6.42 Å². The Labute approximate surface area is 96.8 Å². The molecule has 0 bridgehead atoms. The molecule has 1 aliphatic carbocycles. The van der Waals surface area contributed by atoms with Crippen molar-refractivity contribution in [3.8, 4) is 0 Å². The van der Waals surface area contributed by atoms with Crippen LogP contribution < -0.4 is 0 Å². The second-order valence-electron chi connectivity index (χ2n) is 3.85. The maximum Gasteiger partial charge on any atom is 0.115 e. The first kappa shape index (κ1) is 10.9. The Morgan fingerprint density at radius 1 is 1.25 bits per heavy atom. The molecule has 0 spiro atoms. The van der Waals surface area contributed by atoms with Crippen molar-refractivity contribution in [1.29, 1.82) is 0 Å². The van der Waals surface area contributed by atoms with E-state index in [1.807, 2.05) is 24.3 Å². The van der Waals surface area contributed by atoms with Crippen LogP contribution in [0.15, 0.2) is 67.3 Å². The van der Waals surface area contributed by atoms with Gasteiger partial charge in [-0.15, -0.1) is 6.58 Å². The molecule has 1 aromatic carbocycles. The Morgan fingerprint density at radius 3 is 2.69 bits per heavy atom. The number of hydrogen-bond donors (Lipinski definition) is 0. The van der Waals surface area contributed by atoms with Crippen molar-refractivity contribution in [2.45, 2.75) is 12.0 Å². The molecule has 0 N–H and O–H groups in total. The fraction of sp³-hybridized carbons (Fsp3) is 0.200. The Hall–Kier alpha value is -1.60. The maximum absolute atomic E-state index is 5.95. The van der Waals surface area contributed by atoms with E-state index >= 15 is 0 Å². The summed E-state index contributed by atoms with van der Waals surface area (Å²) in [6, 6.07) is 10.3. The lowest BCUT2D eigenvalue weighted by Gasteiger charge is -2.31. The number of allylic oxidation sites excluding steroid dienone is 2. The van der Waals surface area contributed by atoms with Gasteiger partial charge < -0.3 is 4.74 Å². The van der Waals surface area contributed by atoms with Crippen LogP contribution in [0.3, 0.4) is 0 Å². The molecule has 0 aliphatic heterocycles. The van der Waals surface area contributed by atoms with Gasteiger partial charge in [-0.3, -0.25) is 0 Å². The van der Waals surface area contributed by atoms with Crippen LogP contribution >= 0.6 is 0 Å². The highest BCUT2D eigenvalue weighted by Gasteiger charge is 2.29. The zero-order valence-electron chi connectivity index (χ0n) is 9.30. The molecule has 1 aromatic rings. The summed E-state index contributed by atoms with van der Waals surface area (Å²) in [6.45, 7) is 4.27. The lowest BCUT2D eigenvalue weighted by Crippen LogP contribution is -2.28. The fourth-order valence-corrected chi connectivity index (χ4v) is 1.93. The van der Waals surface area contributed by atoms with E-state index in [0.29, 0.717) is 6.61 Å². The van der Waals surface area contributed by atoms with Crippen molar-refractivity contribution < 1.29 is 4.74 Å². The number of ether oxygens (including phenoxy) is 1. The van der Waals surface area contributed by atoms with Gasteiger partial charge in [0.15, 0.2) is 0 Å². The SMILES string of the molecule is C=CCOC1(c2ccccc2)C=CC=CC1. The van der Waals surface area contributed by atoms with E-state index < -0.39 is 0 Å². The molecule has 0 aromatic heterocycles. The number of rotatable bonds is 4. The largest absolute Gasteiger partial charge is 0.362 e. The monoisotopic (exact) mass is 212 g/mol. The van der Waals surface area contributed by atoms with Crippen LogP contribution in [0.25, 0.3) is 0 Å². The van der Waals surface area contributed by atoms with Crippen molar-refractivity contribution in [3.63, 3.8) is 0 Å². The Morgan fingerprint density at radius 2 is 2.06 bits per heavy atom. The third-order valence-electron chi connectivity index (χ3n) is 2.75. The van der Waals surface area contributed by atoms with Crippen molar-refractivity contribution in [2.75, 3.05) is 6.61 Å². The average Bonchev–Trinajstić information content (AvgIpc) is 2.38. The second-order valence-corrected chi connectivity index (χ2v) is 3.85. The molecule has 0 radical (unpaired) electrons. The lowest BCUT2D eigenvalue weighted by atomic mass is 9.87. The van der Waals surface area contributed by atoms with Gasteiger partial charge in [0.05, 0.1) is 6.61 Å². The summed E-state index contributed by atoms with van der Waals surface area (Å²) < 4.78 is 5.95. The molecule has 0 saturated heterocycles. The highest BCUT2D eigenvalue weighted by molar-refractivity contribution is 5.32. The smallest absolute Gasteiger partial charge is 0.115 e. The molecule has 1 unspecified atom stereocenters. The van der Waals surface area contributed by atoms with E-state index in [1.54, 1.807) is 6.08 Å². The first-order chi connectivity index (χ1) is 7.87. The molecular weight excluding hydrogens is 196 g/mol. The van der Waals surface area contributed by atoms with Gasteiger partial charge in [-0.2, -0.15) is 0 Å². The molecule has 0 heterocycles. The zero-order valence-corrected chi connectivity index (χ0v) is 9.30. The molecule has 1 heteroatoms. The molecule has 16 heavy (non-hydrogen) atoms. The minimum absolute atomic E-state index is 0.315. The van der Waals surface area contributed by atoms with Crippen molar-refractivity contribution in [2.24, 2.45) is 0 Å². The van der Waals surface area contributed by atoms with E-state index in [9.17, 15) is 0 Å². The minimum atomic E-state index is -0.315. The standard InChI is InChI=1S/C15H16O/c1-2-13-16-15(11-7-4-8-12-15)14-9-5-3-6-10-14/h2-11H,1,12-13H2. The lowest BCUT2D eigenvalue weighted by molar-refractivity contribution is 0.00633. The summed E-state index contributed by atoms with van der Waals surface area (Å²) in [5, 5.41) is 0. The van der Waals surface area contributed by atoms with Crippen LogP contribution in [0.2, 0.25) is 0 Å². The molecule has 1 nitrogen and oxygen atoms in total. The van der Waals surface area contributed by atoms with Crippen molar-refractivity contribution in [1.82, 2.24) is 0 Å². The molecule has 2 rings (SSSR count). The van der Waals surface area contributed by atoms with Gasteiger partial charge in [0.2, 0.25) is 0 Å². The number of hydrogen-bond acceptors (Lipinski definition) is 1. The molecule has 82 valence electrons. The van der Waals surface area contributed by atoms with Crippen LogP contribution in [0.4, 0.5) is 0 Å². The van der Waals surface area contributed by atoms with Gasteiger partial charge in [-0.05, 0) is 11.6 Å². The third-order valence-corrected chi connectivity index (χ3v) is 2.75. The van der Waals surface area contributed by atoms with Gasteiger partial charge in [0.25, 0.3) is 0 Å². The quantitative estimate of drug-likeness (QED) is 0.693. The molecule has 1 aliphatic rings. The van der Waals surface area contributed by atoms with Crippen LogP contribution in [0, 0.1) is 0 Å². The Balaban J connectivity index is 2.31. The van der Waals surface area contributed by atoms with Crippen LogP contribution in [0.1, 0.15) is 12.0 Å². The third kappa shape index (κ3) is 2.15. The summed E-state index contributed by atoms with van der Waals surface area (Å²) in [6.07, 6.45) is 11.0. The van der Waals surface area contributed by atoms with Gasteiger partial charge >= 0.3 is 0 Å². The summed E-state index contributed by atoms with van der Waals surface area (Å²) in [7, 11) is 0. The van der Waals surface area contributed by atoms with E-state index in [0.717, 1.165) is 6.42 Å². The molecule has 0 fully saturated rings. The first-order valence-electron chi connectivity index (χ1n) is 5.52. The summed E-state index contributed by atoms with van der Waals surface area (Å²) in [5.74, 6) is 0.